The Bertz CT molecular complexity index is 1870. The van der Waals surface area contributed by atoms with E-state index in [9.17, 15) is 4.79 Å². The number of halogens is 1. The lowest BCUT2D eigenvalue weighted by molar-refractivity contribution is 0.0747. The van der Waals surface area contributed by atoms with Crippen molar-refractivity contribution < 1.29 is 4.79 Å². The summed E-state index contributed by atoms with van der Waals surface area (Å²) in [4.78, 5) is 29.9. The number of aryl methyl sites for hydroxylation is 2. The van der Waals surface area contributed by atoms with Gasteiger partial charge in [0.2, 0.25) is 0 Å². The third kappa shape index (κ3) is 5.55. The number of anilines is 3. The van der Waals surface area contributed by atoms with Crippen LogP contribution in [-0.4, -0.2) is 60.0 Å². The second-order valence-corrected chi connectivity index (χ2v) is 12.1. The quantitative estimate of drug-likeness (QED) is 0.235. The standard InChI is InChI=1S/C36H35ClN6O/c1-24-10-11-30(37)20-29(24)23-43-13-12-38-35-34(43)21-28(22-39-35)26-6-5-7-27(19-26)36(44)42-16-14-41(15-17-42)33-18-25(2)40-32-9-4-3-8-31(32)33/h3-11,18-22H,12-17,23H2,1-2H3,(H,38,39). The van der Waals surface area contributed by atoms with Gasteiger partial charge in [0.1, 0.15) is 5.82 Å². The molecule has 1 N–H and O–H groups in total. The van der Waals surface area contributed by atoms with Gasteiger partial charge in [0.05, 0.1) is 11.2 Å². The van der Waals surface area contributed by atoms with Crippen LogP contribution in [0.3, 0.4) is 0 Å². The van der Waals surface area contributed by atoms with Gasteiger partial charge in [-0.1, -0.05) is 48.0 Å². The number of piperazine rings is 1. The molecule has 0 saturated carbocycles. The van der Waals surface area contributed by atoms with Gasteiger partial charge in [0.15, 0.2) is 0 Å². The first-order chi connectivity index (χ1) is 21.4. The molecule has 8 heteroatoms. The van der Waals surface area contributed by atoms with Crippen molar-refractivity contribution in [2.45, 2.75) is 20.4 Å². The normalized spacial score (nSPS) is 14.8. The third-order valence-corrected chi connectivity index (χ3v) is 8.96. The zero-order chi connectivity index (χ0) is 30.2. The number of amides is 1. The molecule has 0 atom stereocenters. The van der Waals surface area contributed by atoms with Crippen LogP contribution < -0.4 is 15.1 Å². The van der Waals surface area contributed by atoms with Gasteiger partial charge in [-0.15, -0.1) is 0 Å². The van der Waals surface area contributed by atoms with Crippen LogP contribution in [0.25, 0.3) is 22.0 Å². The predicted octanol–water partition coefficient (Wildman–Crippen LogP) is 6.96. The Kier molecular flexibility index (Phi) is 7.56. The zero-order valence-corrected chi connectivity index (χ0v) is 25.8. The van der Waals surface area contributed by atoms with Gasteiger partial charge in [-0.05, 0) is 73.0 Å². The van der Waals surface area contributed by atoms with Crippen molar-refractivity contribution in [3.63, 3.8) is 0 Å². The van der Waals surface area contributed by atoms with Crippen molar-refractivity contribution in [2.75, 3.05) is 54.4 Å². The highest BCUT2D eigenvalue weighted by atomic mass is 35.5. The Balaban J connectivity index is 1.09. The first-order valence-corrected chi connectivity index (χ1v) is 15.6. The lowest BCUT2D eigenvalue weighted by Crippen LogP contribution is -2.48. The van der Waals surface area contributed by atoms with Gasteiger partial charge in [-0.2, -0.15) is 0 Å². The van der Waals surface area contributed by atoms with E-state index in [0.29, 0.717) is 18.7 Å². The van der Waals surface area contributed by atoms with Gasteiger partial charge in [0, 0.05) is 84.9 Å². The van der Waals surface area contributed by atoms with Gasteiger partial charge in [-0.3, -0.25) is 9.78 Å². The van der Waals surface area contributed by atoms with E-state index in [-0.39, 0.29) is 5.91 Å². The molecule has 5 aromatic rings. The Morgan fingerprint density at radius 3 is 2.57 bits per heavy atom. The summed E-state index contributed by atoms with van der Waals surface area (Å²) in [6.07, 6.45) is 1.89. The predicted molar refractivity (Wildman–Crippen MR) is 180 cm³/mol. The molecule has 0 radical (unpaired) electrons. The first-order valence-electron chi connectivity index (χ1n) is 15.2. The Morgan fingerprint density at radius 2 is 1.70 bits per heavy atom. The van der Waals surface area contributed by atoms with Gasteiger partial charge < -0.3 is 20.0 Å². The van der Waals surface area contributed by atoms with E-state index in [1.165, 1.54) is 16.8 Å². The largest absolute Gasteiger partial charge is 0.367 e. The van der Waals surface area contributed by atoms with Gasteiger partial charge >= 0.3 is 0 Å². The number of para-hydroxylation sites is 1. The molecule has 1 amide bonds. The SMILES string of the molecule is Cc1cc(N2CCN(C(=O)c3cccc(-c4cnc5c(c4)N(Cc4cc(Cl)ccc4C)CCN5)c3)CC2)c2ccccc2n1. The molecule has 7 nitrogen and oxygen atoms in total. The summed E-state index contributed by atoms with van der Waals surface area (Å²) in [6, 6.07) is 26.6. The van der Waals surface area contributed by atoms with Crippen LogP contribution in [0.5, 0.6) is 0 Å². The molecule has 1 saturated heterocycles. The van der Waals surface area contributed by atoms with Crippen LogP contribution in [0.15, 0.2) is 85.1 Å². The van der Waals surface area contributed by atoms with Crippen LogP contribution in [-0.2, 0) is 6.54 Å². The fourth-order valence-electron chi connectivity index (χ4n) is 6.31. The molecule has 7 rings (SSSR count). The summed E-state index contributed by atoms with van der Waals surface area (Å²) in [5, 5.41) is 5.34. The molecule has 2 aromatic heterocycles. The summed E-state index contributed by atoms with van der Waals surface area (Å²) in [5.41, 5.74) is 9.34. The molecule has 3 aromatic carbocycles. The van der Waals surface area contributed by atoms with Gasteiger partial charge in [-0.25, -0.2) is 4.98 Å². The highest BCUT2D eigenvalue weighted by molar-refractivity contribution is 6.30. The minimum absolute atomic E-state index is 0.0629. The minimum atomic E-state index is 0.0629. The molecule has 0 unspecified atom stereocenters. The molecule has 2 aliphatic heterocycles. The van der Waals surface area contributed by atoms with E-state index in [2.05, 4.69) is 64.5 Å². The van der Waals surface area contributed by atoms with Crippen LogP contribution in [0.1, 0.15) is 27.2 Å². The van der Waals surface area contributed by atoms with Gasteiger partial charge in [0.25, 0.3) is 5.91 Å². The summed E-state index contributed by atoms with van der Waals surface area (Å²) >= 11 is 6.32. The summed E-state index contributed by atoms with van der Waals surface area (Å²) in [5.74, 6) is 0.940. The monoisotopic (exact) mass is 602 g/mol. The number of pyridine rings is 2. The Morgan fingerprint density at radius 1 is 0.864 bits per heavy atom. The van der Waals surface area contributed by atoms with E-state index in [1.807, 2.05) is 54.4 Å². The molecule has 0 aliphatic carbocycles. The average Bonchev–Trinajstić information content (AvgIpc) is 3.06. The van der Waals surface area contributed by atoms with E-state index < -0.39 is 0 Å². The third-order valence-electron chi connectivity index (χ3n) is 8.73. The molecule has 0 bridgehead atoms. The smallest absolute Gasteiger partial charge is 0.253 e. The number of fused-ring (bicyclic) bond motifs is 2. The molecule has 222 valence electrons. The zero-order valence-electron chi connectivity index (χ0n) is 25.1. The number of aromatic nitrogens is 2. The van der Waals surface area contributed by atoms with Crippen LogP contribution >= 0.6 is 11.6 Å². The fourth-order valence-corrected chi connectivity index (χ4v) is 6.50. The number of benzene rings is 3. The van der Waals surface area contributed by atoms with Crippen molar-refractivity contribution in [2.24, 2.45) is 0 Å². The summed E-state index contributed by atoms with van der Waals surface area (Å²) in [6.45, 7) is 9.50. The lowest BCUT2D eigenvalue weighted by Gasteiger charge is -2.36. The second kappa shape index (κ2) is 11.8. The molecular weight excluding hydrogens is 568 g/mol. The minimum Gasteiger partial charge on any atom is -0.367 e. The Labute approximate surface area is 263 Å². The van der Waals surface area contributed by atoms with Crippen LogP contribution in [0, 0.1) is 13.8 Å². The highest BCUT2D eigenvalue weighted by Crippen LogP contribution is 2.34. The average molecular weight is 603 g/mol. The maximum Gasteiger partial charge on any atom is 0.253 e. The molecule has 44 heavy (non-hydrogen) atoms. The van der Waals surface area contributed by atoms with Crippen molar-refractivity contribution >= 4 is 45.6 Å². The van der Waals surface area contributed by atoms with Crippen molar-refractivity contribution in [1.29, 1.82) is 0 Å². The van der Waals surface area contributed by atoms with E-state index in [1.54, 1.807) is 0 Å². The molecule has 1 fully saturated rings. The van der Waals surface area contributed by atoms with Crippen LogP contribution in [0.4, 0.5) is 17.2 Å². The number of rotatable bonds is 5. The number of carbonyl (C=O) groups excluding carboxylic acids is 1. The van der Waals surface area contributed by atoms with E-state index >= 15 is 0 Å². The van der Waals surface area contributed by atoms with E-state index in [4.69, 9.17) is 21.6 Å². The maximum absolute atomic E-state index is 13.7. The molecule has 0 spiro atoms. The lowest BCUT2D eigenvalue weighted by atomic mass is 10.0. The Hall–Kier alpha value is -4.62. The highest BCUT2D eigenvalue weighted by Gasteiger charge is 2.25. The molecule has 2 aliphatic rings. The summed E-state index contributed by atoms with van der Waals surface area (Å²) < 4.78 is 0. The second-order valence-electron chi connectivity index (χ2n) is 11.7. The van der Waals surface area contributed by atoms with Crippen molar-refractivity contribution in [3.8, 4) is 11.1 Å². The van der Waals surface area contributed by atoms with Crippen molar-refractivity contribution in [3.05, 3.63) is 112 Å². The number of hydrogen-bond donors (Lipinski definition) is 1. The van der Waals surface area contributed by atoms with Crippen LogP contribution in [0.2, 0.25) is 5.02 Å². The molecular formula is C36H35ClN6O. The number of nitrogens with one attached hydrogen (secondary N) is 1. The molecule has 4 heterocycles. The number of hydrogen-bond acceptors (Lipinski definition) is 6. The van der Waals surface area contributed by atoms with Crippen molar-refractivity contribution in [1.82, 2.24) is 14.9 Å². The maximum atomic E-state index is 13.7. The van der Waals surface area contributed by atoms with E-state index in [0.717, 1.165) is 77.0 Å². The fraction of sp³-hybridized carbons (Fsp3) is 0.250. The first kappa shape index (κ1) is 28.2. The number of carbonyl (C=O) groups is 1. The topological polar surface area (TPSA) is 64.6 Å². The number of nitrogens with zero attached hydrogens (tertiary/aromatic N) is 5. The summed E-state index contributed by atoms with van der Waals surface area (Å²) in [7, 11) is 0.